The lowest BCUT2D eigenvalue weighted by Crippen LogP contribution is -2.46. The van der Waals surface area contributed by atoms with Crippen molar-refractivity contribution in [2.75, 3.05) is 38.1 Å². The van der Waals surface area contributed by atoms with Gasteiger partial charge in [0.1, 0.15) is 6.04 Å². The SMILES string of the molecule is CN1C(=O)C(NC(=O)C(=O)NCCN2CCCCC2)c2ccccc21. The molecule has 25 heavy (non-hydrogen) atoms. The number of piperidine rings is 1. The molecule has 0 saturated carbocycles. The minimum Gasteiger partial charge on any atom is -0.347 e. The number of fused-ring (bicyclic) bond motifs is 1. The molecule has 2 N–H and O–H groups in total. The molecule has 2 aliphatic rings. The van der Waals surface area contributed by atoms with Crippen molar-refractivity contribution < 1.29 is 14.4 Å². The van der Waals surface area contributed by atoms with E-state index in [0.29, 0.717) is 12.1 Å². The normalized spacial score (nSPS) is 20.3. The second-order valence-electron chi connectivity index (χ2n) is 6.52. The highest BCUT2D eigenvalue weighted by atomic mass is 16.2. The van der Waals surface area contributed by atoms with E-state index in [1.54, 1.807) is 13.1 Å². The van der Waals surface area contributed by atoms with Gasteiger partial charge in [0.15, 0.2) is 0 Å². The van der Waals surface area contributed by atoms with Gasteiger partial charge in [0.25, 0.3) is 5.91 Å². The van der Waals surface area contributed by atoms with Crippen LogP contribution in [0, 0.1) is 0 Å². The molecular weight excluding hydrogens is 320 g/mol. The first-order valence-corrected chi connectivity index (χ1v) is 8.75. The highest BCUT2D eigenvalue weighted by molar-refractivity contribution is 6.35. The quantitative estimate of drug-likeness (QED) is 0.776. The predicted molar refractivity (Wildman–Crippen MR) is 94.0 cm³/mol. The minimum absolute atomic E-state index is 0.240. The summed E-state index contributed by atoms with van der Waals surface area (Å²) >= 11 is 0. The lowest BCUT2D eigenvalue weighted by molar-refractivity contribution is -0.140. The van der Waals surface area contributed by atoms with E-state index in [2.05, 4.69) is 15.5 Å². The molecule has 3 rings (SSSR count). The number of benzene rings is 1. The maximum Gasteiger partial charge on any atom is 0.310 e. The zero-order chi connectivity index (χ0) is 17.8. The Balaban J connectivity index is 1.51. The molecule has 2 aliphatic heterocycles. The summed E-state index contributed by atoms with van der Waals surface area (Å²) in [5.74, 6) is -1.71. The number of hydrogen-bond acceptors (Lipinski definition) is 4. The average molecular weight is 344 g/mol. The van der Waals surface area contributed by atoms with Gasteiger partial charge in [0, 0.05) is 31.4 Å². The first kappa shape index (κ1) is 17.4. The third-order valence-corrected chi connectivity index (χ3v) is 4.83. The Bertz CT molecular complexity index is 670. The van der Waals surface area contributed by atoms with E-state index in [-0.39, 0.29) is 5.91 Å². The number of nitrogens with zero attached hydrogens (tertiary/aromatic N) is 2. The molecule has 1 aromatic carbocycles. The van der Waals surface area contributed by atoms with Crippen molar-refractivity contribution in [1.29, 1.82) is 0 Å². The molecule has 1 atom stereocenters. The van der Waals surface area contributed by atoms with Gasteiger partial charge in [-0.1, -0.05) is 24.6 Å². The molecule has 1 fully saturated rings. The number of anilines is 1. The average Bonchev–Trinajstić information content (AvgIpc) is 2.88. The third kappa shape index (κ3) is 3.82. The fraction of sp³-hybridized carbons (Fsp3) is 0.500. The lowest BCUT2D eigenvalue weighted by Gasteiger charge is -2.26. The highest BCUT2D eigenvalue weighted by Gasteiger charge is 2.36. The van der Waals surface area contributed by atoms with Crippen LogP contribution in [0.2, 0.25) is 0 Å². The highest BCUT2D eigenvalue weighted by Crippen LogP contribution is 2.34. The van der Waals surface area contributed by atoms with Crippen LogP contribution in [0.3, 0.4) is 0 Å². The zero-order valence-corrected chi connectivity index (χ0v) is 14.5. The largest absolute Gasteiger partial charge is 0.347 e. The van der Waals surface area contributed by atoms with Crippen molar-refractivity contribution in [3.05, 3.63) is 29.8 Å². The van der Waals surface area contributed by atoms with E-state index in [9.17, 15) is 14.4 Å². The van der Waals surface area contributed by atoms with Crippen molar-refractivity contribution in [2.45, 2.75) is 25.3 Å². The van der Waals surface area contributed by atoms with Crippen LogP contribution in [0.15, 0.2) is 24.3 Å². The molecule has 3 amide bonds. The maximum atomic E-state index is 12.3. The van der Waals surface area contributed by atoms with Crippen molar-refractivity contribution in [2.24, 2.45) is 0 Å². The fourth-order valence-electron chi connectivity index (χ4n) is 3.41. The molecule has 7 nitrogen and oxygen atoms in total. The number of likely N-dealkylation sites (N-methyl/N-ethyl adjacent to an activating group) is 1. The van der Waals surface area contributed by atoms with Gasteiger partial charge in [-0.15, -0.1) is 0 Å². The Labute approximate surface area is 147 Å². The van der Waals surface area contributed by atoms with Crippen molar-refractivity contribution in [3.8, 4) is 0 Å². The minimum atomic E-state index is -0.804. The van der Waals surface area contributed by atoms with Crippen LogP contribution in [0.4, 0.5) is 5.69 Å². The standard InChI is InChI=1S/C18H24N4O3/c1-21-14-8-4-3-7-13(14)15(18(21)25)20-17(24)16(23)19-9-12-22-10-5-2-6-11-22/h3-4,7-8,15H,2,5-6,9-12H2,1H3,(H,19,23)(H,20,24). The van der Waals surface area contributed by atoms with E-state index in [1.807, 2.05) is 18.2 Å². The van der Waals surface area contributed by atoms with Gasteiger partial charge in [-0.3, -0.25) is 14.4 Å². The van der Waals surface area contributed by atoms with Crippen molar-refractivity contribution >= 4 is 23.4 Å². The number of carbonyl (C=O) groups excluding carboxylic acids is 3. The summed E-state index contributed by atoms with van der Waals surface area (Å²) in [6.07, 6.45) is 3.63. The van der Waals surface area contributed by atoms with Gasteiger partial charge >= 0.3 is 11.8 Å². The molecule has 2 heterocycles. The first-order chi connectivity index (χ1) is 12.1. The van der Waals surface area contributed by atoms with Gasteiger partial charge < -0.3 is 20.4 Å². The van der Waals surface area contributed by atoms with E-state index >= 15 is 0 Å². The number of rotatable bonds is 4. The maximum absolute atomic E-state index is 12.3. The predicted octanol–water partition coefficient (Wildman–Crippen LogP) is 0.422. The Morgan fingerprint density at radius 2 is 1.84 bits per heavy atom. The molecule has 1 aromatic rings. The molecule has 0 spiro atoms. The van der Waals surface area contributed by atoms with E-state index in [0.717, 1.165) is 25.3 Å². The smallest absolute Gasteiger partial charge is 0.310 e. The Morgan fingerprint density at radius 1 is 1.12 bits per heavy atom. The second-order valence-corrected chi connectivity index (χ2v) is 6.52. The van der Waals surface area contributed by atoms with E-state index in [1.165, 1.54) is 24.2 Å². The molecule has 7 heteroatoms. The number of likely N-dealkylation sites (tertiary alicyclic amines) is 1. The topological polar surface area (TPSA) is 81.8 Å². The summed E-state index contributed by atoms with van der Waals surface area (Å²) in [6, 6.07) is 6.44. The van der Waals surface area contributed by atoms with Gasteiger partial charge in [-0.25, -0.2) is 0 Å². The summed E-state index contributed by atoms with van der Waals surface area (Å²) in [4.78, 5) is 40.2. The molecule has 134 valence electrons. The number of para-hydroxylation sites is 1. The summed E-state index contributed by atoms with van der Waals surface area (Å²) in [7, 11) is 1.66. The molecule has 1 saturated heterocycles. The van der Waals surface area contributed by atoms with Crippen molar-refractivity contribution in [1.82, 2.24) is 15.5 Å². The van der Waals surface area contributed by atoms with Gasteiger partial charge in [-0.05, 0) is 32.0 Å². The molecule has 0 aromatic heterocycles. The third-order valence-electron chi connectivity index (χ3n) is 4.83. The Kier molecular flexibility index (Phi) is 5.33. The van der Waals surface area contributed by atoms with Crippen LogP contribution in [-0.4, -0.2) is 55.8 Å². The molecular formula is C18H24N4O3. The molecule has 0 bridgehead atoms. The van der Waals surface area contributed by atoms with Crippen LogP contribution < -0.4 is 15.5 Å². The van der Waals surface area contributed by atoms with Crippen molar-refractivity contribution in [3.63, 3.8) is 0 Å². The molecule has 0 aliphatic carbocycles. The van der Waals surface area contributed by atoms with Crippen LogP contribution in [0.25, 0.3) is 0 Å². The fourth-order valence-corrected chi connectivity index (χ4v) is 3.41. The monoisotopic (exact) mass is 344 g/mol. The van der Waals surface area contributed by atoms with Gasteiger partial charge in [-0.2, -0.15) is 0 Å². The summed E-state index contributed by atoms with van der Waals surface area (Å²) in [5, 5.41) is 5.18. The van der Waals surface area contributed by atoms with Crippen LogP contribution in [0.5, 0.6) is 0 Å². The zero-order valence-electron chi connectivity index (χ0n) is 14.5. The second kappa shape index (κ2) is 7.65. The lowest BCUT2D eigenvalue weighted by atomic mass is 10.1. The van der Waals surface area contributed by atoms with Crippen LogP contribution >= 0.6 is 0 Å². The molecule has 0 radical (unpaired) electrons. The first-order valence-electron chi connectivity index (χ1n) is 8.75. The van der Waals surface area contributed by atoms with E-state index in [4.69, 9.17) is 0 Å². The number of nitrogens with one attached hydrogen (secondary N) is 2. The van der Waals surface area contributed by atoms with E-state index < -0.39 is 17.9 Å². The molecule has 1 unspecified atom stereocenters. The van der Waals surface area contributed by atoms with Gasteiger partial charge in [0.05, 0.1) is 0 Å². The van der Waals surface area contributed by atoms with Gasteiger partial charge in [0.2, 0.25) is 0 Å². The summed E-state index contributed by atoms with van der Waals surface area (Å²) in [5.41, 5.74) is 1.47. The summed E-state index contributed by atoms with van der Waals surface area (Å²) < 4.78 is 0. The van der Waals surface area contributed by atoms with Crippen LogP contribution in [0.1, 0.15) is 30.9 Å². The summed E-state index contributed by atoms with van der Waals surface area (Å²) in [6.45, 7) is 3.26. The Hall–Kier alpha value is -2.41. The number of carbonyl (C=O) groups is 3. The number of hydrogen-bond donors (Lipinski definition) is 2. The Morgan fingerprint density at radius 3 is 2.60 bits per heavy atom. The number of amides is 3. The van der Waals surface area contributed by atoms with Crippen LogP contribution in [-0.2, 0) is 14.4 Å².